The van der Waals surface area contributed by atoms with Crippen LogP contribution in [0.2, 0.25) is 0 Å². The first-order valence-corrected chi connectivity index (χ1v) is 8.75. The number of anilines is 1. The molecule has 4 rings (SSSR count). The molecule has 4 heteroatoms. The first-order valence-electron chi connectivity index (χ1n) is 8.75. The number of para-hydroxylation sites is 1. The maximum Gasteiger partial charge on any atom is 0.273 e. The zero-order valence-electron chi connectivity index (χ0n) is 14.9. The summed E-state index contributed by atoms with van der Waals surface area (Å²) in [6.45, 7) is 1.91. The molecule has 0 bridgehead atoms. The van der Waals surface area contributed by atoms with Crippen LogP contribution >= 0.6 is 0 Å². The smallest absolute Gasteiger partial charge is 0.273 e. The Morgan fingerprint density at radius 1 is 0.852 bits per heavy atom. The van der Waals surface area contributed by atoms with E-state index in [-0.39, 0.29) is 5.91 Å². The van der Waals surface area contributed by atoms with Crippen LogP contribution < -0.4 is 11.2 Å². The number of benzene rings is 4. The Kier molecular flexibility index (Phi) is 4.30. The number of nitrogens with one attached hydrogen (secondary N) is 1. The van der Waals surface area contributed by atoms with Gasteiger partial charge in [-0.3, -0.25) is 4.79 Å². The molecule has 0 aliphatic heterocycles. The molecule has 0 aliphatic rings. The van der Waals surface area contributed by atoms with Crippen molar-refractivity contribution in [3.8, 4) is 0 Å². The molecule has 4 aromatic carbocycles. The largest absolute Gasteiger partial charge is 0.398 e. The van der Waals surface area contributed by atoms with Gasteiger partial charge in [-0.25, -0.2) is 5.43 Å². The Morgan fingerprint density at radius 2 is 1.41 bits per heavy atom. The van der Waals surface area contributed by atoms with Gasteiger partial charge in [-0.05, 0) is 46.7 Å². The molecule has 0 saturated carbocycles. The molecule has 4 aromatic rings. The van der Waals surface area contributed by atoms with Crippen LogP contribution in [0.25, 0.3) is 21.5 Å². The van der Waals surface area contributed by atoms with Crippen molar-refractivity contribution in [2.24, 2.45) is 5.10 Å². The van der Waals surface area contributed by atoms with Gasteiger partial charge in [0.15, 0.2) is 0 Å². The Bertz CT molecular complexity index is 1140. The Labute approximate surface area is 157 Å². The molecule has 0 atom stereocenters. The lowest BCUT2D eigenvalue weighted by atomic mass is 9.94. The van der Waals surface area contributed by atoms with Gasteiger partial charge in [0, 0.05) is 11.3 Å². The Morgan fingerprint density at radius 3 is 2.04 bits per heavy atom. The second kappa shape index (κ2) is 6.92. The number of carbonyl (C=O) groups is 1. The first-order chi connectivity index (χ1) is 13.1. The third kappa shape index (κ3) is 3.13. The highest BCUT2D eigenvalue weighted by molar-refractivity contribution is 6.20. The predicted octanol–water partition coefficient (Wildman–Crippen LogP) is 4.73. The van der Waals surface area contributed by atoms with Crippen molar-refractivity contribution < 1.29 is 4.79 Å². The van der Waals surface area contributed by atoms with E-state index in [1.807, 2.05) is 31.2 Å². The normalized spacial score (nSPS) is 11.7. The highest BCUT2D eigenvalue weighted by atomic mass is 16.2. The number of nitrogen functional groups attached to an aromatic ring is 1. The average molecular weight is 353 g/mol. The molecule has 0 heterocycles. The van der Waals surface area contributed by atoms with E-state index in [1.165, 1.54) is 0 Å². The molecule has 4 nitrogen and oxygen atoms in total. The van der Waals surface area contributed by atoms with Crippen molar-refractivity contribution in [1.82, 2.24) is 5.43 Å². The van der Waals surface area contributed by atoms with Crippen molar-refractivity contribution in [2.75, 3.05) is 5.73 Å². The number of nitrogens with zero attached hydrogens (tertiary/aromatic N) is 1. The maximum absolute atomic E-state index is 12.4. The quantitative estimate of drug-likeness (QED) is 0.242. The van der Waals surface area contributed by atoms with Crippen LogP contribution in [0.1, 0.15) is 22.8 Å². The Balaban J connectivity index is 1.79. The lowest BCUT2D eigenvalue weighted by molar-refractivity contribution is 0.0955. The molecule has 0 fully saturated rings. The topological polar surface area (TPSA) is 67.5 Å². The van der Waals surface area contributed by atoms with Gasteiger partial charge >= 0.3 is 0 Å². The molecular formula is C23H19N3O. The minimum Gasteiger partial charge on any atom is -0.398 e. The molecule has 0 aliphatic carbocycles. The molecule has 3 N–H and O–H groups in total. The number of carbonyl (C=O) groups excluding carboxylic acids is 1. The van der Waals surface area contributed by atoms with Crippen molar-refractivity contribution in [3.63, 3.8) is 0 Å². The van der Waals surface area contributed by atoms with Crippen molar-refractivity contribution in [3.05, 3.63) is 90.0 Å². The highest BCUT2D eigenvalue weighted by Crippen LogP contribution is 2.29. The zero-order chi connectivity index (χ0) is 18.8. The van der Waals surface area contributed by atoms with Crippen molar-refractivity contribution >= 4 is 38.9 Å². The van der Waals surface area contributed by atoms with E-state index in [0.29, 0.717) is 11.3 Å². The minimum atomic E-state index is -0.322. The van der Waals surface area contributed by atoms with E-state index in [9.17, 15) is 4.79 Å². The van der Waals surface area contributed by atoms with Crippen LogP contribution in [-0.2, 0) is 0 Å². The fourth-order valence-electron chi connectivity index (χ4n) is 3.36. The number of fused-ring (bicyclic) bond motifs is 2. The minimum absolute atomic E-state index is 0.322. The molecule has 27 heavy (non-hydrogen) atoms. The van der Waals surface area contributed by atoms with Gasteiger partial charge in [0.1, 0.15) is 0 Å². The van der Waals surface area contributed by atoms with Crippen LogP contribution in [0.4, 0.5) is 5.69 Å². The standard InChI is InChI=1S/C23H19N3O/c1-15(25-26-23(27)20-12-6-7-13-21(20)24)22-18-10-4-2-8-16(18)14-17-9-3-5-11-19(17)22/h2-14H,24H2,1H3,(H,26,27)/b25-15+. The van der Waals surface area contributed by atoms with Gasteiger partial charge in [-0.2, -0.15) is 5.10 Å². The fourth-order valence-corrected chi connectivity index (χ4v) is 3.36. The van der Waals surface area contributed by atoms with E-state index in [4.69, 9.17) is 5.73 Å². The predicted molar refractivity (Wildman–Crippen MR) is 112 cm³/mol. The SMILES string of the molecule is C/C(=N\NC(=O)c1ccccc1N)c1c2ccccc2cc2ccccc12. The van der Waals surface area contributed by atoms with Crippen LogP contribution in [0.5, 0.6) is 0 Å². The van der Waals surface area contributed by atoms with Crippen LogP contribution in [0.3, 0.4) is 0 Å². The van der Waals surface area contributed by atoms with Crippen LogP contribution in [-0.4, -0.2) is 11.6 Å². The van der Waals surface area contributed by atoms with Gasteiger partial charge in [-0.15, -0.1) is 0 Å². The average Bonchev–Trinajstić information content (AvgIpc) is 2.70. The summed E-state index contributed by atoms with van der Waals surface area (Å²) in [4.78, 5) is 12.4. The third-order valence-corrected chi connectivity index (χ3v) is 4.66. The van der Waals surface area contributed by atoms with E-state index < -0.39 is 0 Å². The van der Waals surface area contributed by atoms with Gasteiger partial charge in [0.25, 0.3) is 5.91 Å². The number of rotatable bonds is 3. The highest BCUT2D eigenvalue weighted by Gasteiger charge is 2.12. The summed E-state index contributed by atoms with van der Waals surface area (Å²) >= 11 is 0. The lowest BCUT2D eigenvalue weighted by Crippen LogP contribution is -2.20. The van der Waals surface area contributed by atoms with Gasteiger partial charge < -0.3 is 5.73 Å². The molecule has 0 aromatic heterocycles. The van der Waals surface area contributed by atoms with Crippen molar-refractivity contribution in [2.45, 2.75) is 6.92 Å². The summed E-state index contributed by atoms with van der Waals surface area (Å²) in [6.07, 6.45) is 0. The molecule has 0 radical (unpaired) electrons. The number of amides is 1. The fraction of sp³-hybridized carbons (Fsp3) is 0.0435. The van der Waals surface area contributed by atoms with E-state index in [2.05, 4.69) is 40.9 Å². The molecule has 132 valence electrons. The third-order valence-electron chi connectivity index (χ3n) is 4.66. The summed E-state index contributed by atoms with van der Waals surface area (Å²) in [5, 5.41) is 8.86. The number of hydrogen-bond donors (Lipinski definition) is 2. The monoisotopic (exact) mass is 353 g/mol. The van der Waals surface area contributed by atoms with Gasteiger partial charge in [0.05, 0.1) is 11.3 Å². The van der Waals surface area contributed by atoms with E-state index in [1.54, 1.807) is 24.3 Å². The number of hydrazone groups is 1. The summed E-state index contributed by atoms with van der Waals surface area (Å²) in [5.74, 6) is -0.322. The summed E-state index contributed by atoms with van der Waals surface area (Å²) in [5.41, 5.74) is 11.1. The van der Waals surface area contributed by atoms with E-state index >= 15 is 0 Å². The first kappa shape index (κ1) is 16.8. The van der Waals surface area contributed by atoms with Crippen LogP contribution in [0, 0.1) is 0 Å². The molecule has 0 unspecified atom stereocenters. The molecule has 1 amide bonds. The zero-order valence-corrected chi connectivity index (χ0v) is 14.9. The number of nitrogens with two attached hydrogens (primary N) is 1. The number of hydrogen-bond acceptors (Lipinski definition) is 3. The second-order valence-electron chi connectivity index (χ2n) is 6.42. The maximum atomic E-state index is 12.4. The summed E-state index contributed by atoms with van der Waals surface area (Å²) in [7, 11) is 0. The Hall–Kier alpha value is -3.66. The van der Waals surface area contributed by atoms with Gasteiger partial charge in [-0.1, -0.05) is 60.7 Å². The van der Waals surface area contributed by atoms with Gasteiger partial charge in [0.2, 0.25) is 0 Å². The molecule has 0 spiro atoms. The molecule has 0 saturated heterocycles. The summed E-state index contributed by atoms with van der Waals surface area (Å²) in [6, 6.07) is 25.5. The lowest BCUT2D eigenvalue weighted by Gasteiger charge is -2.12. The van der Waals surface area contributed by atoms with Crippen LogP contribution in [0.15, 0.2) is 84.0 Å². The van der Waals surface area contributed by atoms with Crippen molar-refractivity contribution in [1.29, 1.82) is 0 Å². The summed E-state index contributed by atoms with van der Waals surface area (Å²) < 4.78 is 0. The second-order valence-corrected chi connectivity index (χ2v) is 6.42. The van der Waals surface area contributed by atoms with E-state index in [0.717, 1.165) is 32.8 Å². The molecular weight excluding hydrogens is 334 g/mol.